The van der Waals surface area contributed by atoms with Crippen molar-refractivity contribution in [3.63, 3.8) is 0 Å². The third kappa shape index (κ3) is 3.99. The van der Waals surface area contributed by atoms with E-state index in [1.54, 1.807) is 30.3 Å². The number of hydrogen-bond donors (Lipinski definition) is 1. The van der Waals surface area contributed by atoms with E-state index in [0.29, 0.717) is 12.1 Å². The number of nitrogens with zero attached hydrogens (tertiary/aromatic N) is 1. The quantitative estimate of drug-likeness (QED) is 0.858. The van der Waals surface area contributed by atoms with Crippen LogP contribution < -0.4 is 5.32 Å². The Balaban J connectivity index is 1.87. The maximum Gasteiger partial charge on any atom is 0.262 e. The summed E-state index contributed by atoms with van der Waals surface area (Å²) in [5.41, 5.74) is 0.440. The minimum atomic E-state index is -2.60. The van der Waals surface area contributed by atoms with E-state index in [4.69, 9.17) is 0 Å². The van der Waals surface area contributed by atoms with Gasteiger partial charge in [0.2, 0.25) is 5.91 Å². The Morgan fingerprint density at radius 1 is 1.26 bits per heavy atom. The van der Waals surface area contributed by atoms with E-state index in [1.165, 1.54) is 0 Å². The largest absolute Gasteiger partial charge is 0.344 e. The van der Waals surface area contributed by atoms with Crippen molar-refractivity contribution in [1.29, 1.82) is 0 Å². The first-order valence-corrected chi connectivity index (χ1v) is 6.51. The van der Waals surface area contributed by atoms with Crippen LogP contribution in [0.5, 0.6) is 0 Å². The van der Waals surface area contributed by atoms with Crippen LogP contribution in [0.1, 0.15) is 24.4 Å². The average molecular weight is 268 g/mol. The Morgan fingerprint density at radius 3 is 2.47 bits per heavy atom. The lowest BCUT2D eigenvalue weighted by Gasteiger charge is -2.30. The highest BCUT2D eigenvalue weighted by molar-refractivity contribution is 5.76. The fourth-order valence-electron chi connectivity index (χ4n) is 2.06. The third-order valence-corrected chi connectivity index (χ3v) is 3.33. The van der Waals surface area contributed by atoms with E-state index in [1.807, 2.05) is 0 Å². The van der Waals surface area contributed by atoms with Crippen LogP contribution in [0, 0.1) is 0 Å². The predicted octanol–water partition coefficient (Wildman–Crippen LogP) is 2.20. The molecule has 2 rings (SSSR count). The van der Waals surface area contributed by atoms with Crippen molar-refractivity contribution in [3.8, 4) is 0 Å². The molecule has 1 heterocycles. The fraction of sp³-hybridized carbons (Fsp3) is 0.500. The molecule has 1 aromatic carbocycles. The second-order valence-electron chi connectivity index (χ2n) is 4.74. The molecule has 0 aliphatic carbocycles. The van der Waals surface area contributed by atoms with Gasteiger partial charge in [0.1, 0.15) is 6.04 Å². The van der Waals surface area contributed by atoms with Crippen molar-refractivity contribution >= 4 is 5.91 Å². The molecule has 0 saturated carbocycles. The van der Waals surface area contributed by atoms with Gasteiger partial charge in [0.05, 0.1) is 0 Å². The summed E-state index contributed by atoms with van der Waals surface area (Å²) in [6.45, 7) is 2.66. The number of nitrogens with one attached hydrogen (secondary N) is 1. The summed E-state index contributed by atoms with van der Waals surface area (Å²) in [6.07, 6.45) is -1.17. The van der Waals surface area contributed by atoms with Gasteiger partial charge in [-0.1, -0.05) is 30.3 Å². The van der Waals surface area contributed by atoms with Crippen LogP contribution in [-0.2, 0) is 4.79 Å². The van der Waals surface area contributed by atoms with Crippen LogP contribution in [-0.4, -0.2) is 36.9 Å². The van der Waals surface area contributed by atoms with E-state index < -0.39 is 12.5 Å². The zero-order valence-corrected chi connectivity index (χ0v) is 10.7. The van der Waals surface area contributed by atoms with Gasteiger partial charge in [-0.2, -0.15) is 0 Å². The van der Waals surface area contributed by atoms with Gasteiger partial charge in [-0.05, 0) is 25.1 Å². The Labute approximate surface area is 111 Å². The molecule has 1 amide bonds. The van der Waals surface area contributed by atoms with Crippen molar-refractivity contribution in [2.45, 2.75) is 25.3 Å². The standard InChI is InChI=1S/C14H18F2N2O/c15-14(16)13(11-5-2-1-3-6-11)17-12(19)7-10-18-8-4-9-18/h1-3,5-6,13-14H,4,7-10H2,(H,17,19)/t13-/m1/s1. The molecular weight excluding hydrogens is 250 g/mol. The second kappa shape index (κ2) is 6.61. The van der Waals surface area contributed by atoms with E-state index >= 15 is 0 Å². The number of alkyl halides is 2. The van der Waals surface area contributed by atoms with Crippen LogP contribution in [0.2, 0.25) is 0 Å². The molecule has 5 heteroatoms. The first-order valence-electron chi connectivity index (χ1n) is 6.51. The van der Waals surface area contributed by atoms with Crippen LogP contribution in [0.3, 0.4) is 0 Å². The van der Waals surface area contributed by atoms with Crippen molar-refractivity contribution in [2.24, 2.45) is 0 Å². The van der Waals surface area contributed by atoms with Crippen molar-refractivity contribution < 1.29 is 13.6 Å². The molecule has 1 aliphatic rings. The number of hydrogen-bond acceptors (Lipinski definition) is 2. The smallest absolute Gasteiger partial charge is 0.262 e. The van der Waals surface area contributed by atoms with E-state index in [-0.39, 0.29) is 12.3 Å². The first-order chi connectivity index (χ1) is 9.16. The zero-order chi connectivity index (χ0) is 13.7. The molecule has 19 heavy (non-hydrogen) atoms. The highest BCUT2D eigenvalue weighted by Crippen LogP contribution is 2.20. The van der Waals surface area contributed by atoms with E-state index in [0.717, 1.165) is 19.5 Å². The van der Waals surface area contributed by atoms with Gasteiger partial charge in [-0.25, -0.2) is 8.78 Å². The van der Waals surface area contributed by atoms with Crippen LogP contribution >= 0.6 is 0 Å². The summed E-state index contributed by atoms with van der Waals surface area (Å²) in [5.74, 6) is -0.318. The van der Waals surface area contributed by atoms with Gasteiger partial charge >= 0.3 is 0 Å². The molecule has 1 aliphatic heterocycles. The molecule has 104 valence electrons. The molecule has 1 aromatic rings. The number of carbonyl (C=O) groups excluding carboxylic acids is 1. The Kier molecular flexibility index (Phi) is 4.85. The molecule has 1 atom stereocenters. The number of halogens is 2. The zero-order valence-electron chi connectivity index (χ0n) is 10.7. The number of rotatable bonds is 6. The SMILES string of the molecule is O=C(CCN1CCC1)N[C@H](c1ccccc1)C(F)F. The molecule has 3 nitrogen and oxygen atoms in total. The van der Waals surface area contributed by atoms with Crippen molar-refractivity contribution in [2.75, 3.05) is 19.6 Å². The molecule has 1 fully saturated rings. The third-order valence-electron chi connectivity index (χ3n) is 3.33. The predicted molar refractivity (Wildman–Crippen MR) is 69.0 cm³/mol. The number of carbonyl (C=O) groups is 1. The lowest BCUT2D eigenvalue weighted by atomic mass is 10.1. The Hall–Kier alpha value is -1.49. The Bertz CT molecular complexity index is 407. The van der Waals surface area contributed by atoms with Gasteiger partial charge in [0.25, 0.3) is 6.43 Å². The molecule has 1 N–H and O–H groups in total. The van der Waals surface area contributed by atoms with E-state index in [9.17, 15) is 13.6 Å². The molecule has 0 unspecified atom stereocenters. The summed E-state index contributed by atoms with van der Waals surface area (Å²) in [4.78, 5) is 13.8. The average Bonchev–Trinajstić information content (AvgIpc) is 2.35. The maximum absolute atomic E-state index is 13.0. The minimum absolute atomic E-state index is 0.274. The lowest BCUT2D eigenvalue weighted by Crippen LogP contribution is -2.40. The van der Waals surface area contributed by atoms with E-state index in [2.05, 4.69) is 10.2 Å². The van der Waals surface area contributed by atoms with Crippen LogP contribution in [0.4, 0.5) is 8.78 Å². The maximum atomic E-state index is 13.0. The highest BCUT2D eigenvalue weighted by atomic mass is 19.3. The first kappa shape index (κ1) is 13.9. The van der Waals surface area contributed by atoms with Gasteiger partial charge in [0.15, 0.2) is 0 Å². The number of amides is 1. The van der Waals surface area contributed by atoms with Crippen LogP contribution in [0.25, 0.3) is 0 Å². The fourth-order valence-corrected chi connectivity index (χ4v) is 2.06. The van der Waals surface area contributed by atoms with Crippen molar-refractivity contribution in [1.82, 2.24) is 10.2 Å². The summed E-state index contributed by atoms with van der Waals surface area (Å²) in [5, 5.41) is 2.42. The van der Waals surface area contributed by atoms with Crippen LogP contribution in [0.15, 0.2) is 30.3 Å². The molecule has 0 spiro atoms. The number of benzene rings is 1. The normalized spacial score (nSPS) is 17.0. The number of likely N-dealkylation sites (tertiary alicyclic amines) is 1. The molecule has 1 saturated heterocycles. The monoisotopic (exact) mass is 268 g/mol. The molecule has 0 aromatic heterocycles. The molecule has 0 radical (unpaired) electrons. The van der Waals surface area contributed by atoms with Gasteiger partial charge in [0, 0.05) is 13.0 Å². The summed E-state index contributed by atoms with van der Waals surface area (Å²) >= 11 is 0. The highest BCUT2D eigenvalue weighted by Gasteiger charge is 2.24. The van der Waals surface area contributed by atoms with Crippen molar-refractivity contribution in [3.05, 3.63) is 35.9 Å². The van der Waals surface area contributed by atoms with Gasteiger partial charge < -0.3 is 10.2 Å². The second-order valence-corrected chi connectivity index (χ2v) is 4.74. The van der Waals surface area contributed by atoms with Gasteiger partial charge in [-0.15, -0.1) is 0 Å². The minimum Gasteiger partial charge on any atom is -0.344 e. The lowest BCUT2D eigenvalue weighted by molar-refractivity contribution is -0.123. The molecular formula is C14H18F2N2O. The molecule has 0 bridgehead atoms. The Morgan fingerprint density at radius 2 is 1.95 bits per heavy atom. The summed E-state index contributed by atoms with van der Waals surface area (Å²) < 4.78 is 26.0. The van der Waals surface area contributed by atoms with Gasteiger partial charge in [-0.3, -0.25) is 4.79 Å². The summed E-state index contributed by atoms with van der Waals surface area (Å²) in [7, 11) is 0. The topological polar surface area (TPSA) is 32.3 Å². The summed E-state index contributed by atoms with van der Waals surface area (Å²) in [6, 6.07) is 7.13.